The van der Waals surface area contributed by atoms with Crippen molar-refractivity contribution in [2.24, 2.45) is 5.73 Å². The predicted molar refractivity (Wildman–Crippen MR) is 59.3 cm³/mol. The van der Waals surface area contributed by atoms with Gasteiger partial charge in [-0.3, -0.25) is 4.79 Å². The summed E-state index contributed by atoms with van der Waals surface area (Å²) in [6, 6.07) is 0. The van der Waals surface area contributed by atoms with Crippen LogP contribution < -0.4 is 5.73 Å². The molecule has 90 valence electrons. The zero-order valence-corrected chi connectivity index (χ0v) is 9.73. The number of ether oxygens (including phenoxy) is 2. The molecule has 0 saturated heterocycles. The van der Waals surface area contributed by atoms with Crippen molar-refractivity contribution in [1.82, 2.24) is 0 Å². The summed E-state index contributed by atoms with van der Waals surface area (Å²) in [5.41, 5.74) is 4.49. The standard InChI is InChI=1S/C11H17NO4/c1-11(2,3)16-9(13)6-4-5-7-15-10(14)8-12/h4-7H,8,12H2,1-3H3. The van der Waals surface area contributed by atoms with Crippen LogP contribution in [0.3, 0.4) is 0 Å². The monoisotopic (exact) mass is 227 g/mol. The first-order valence-electron chi connectivity index (χ1n) is 4.81. The topological polar surface area (TPSA) is 78.6 Å². The summed E-state index contributed by atoms with van der Waals surface area (Å²) in [6.07, 6.45) is 5.20. The average Bonchev–Trinajstić information content (AvgIpc) is 2.14. The van der Waals surface area contributed by atoms with Crippen molar-refractivity contribution in [3.63, 3.8) is 0 Å². The third kappa shape index (κ3) is 8.96. The second-order valence-corrected chi connectivity index (χ2v) is 3.92. The Bertz CT molecular complexity index is 300. The van der Waals surface area contributed by atoms with Crippen LogP contribution in [-0.4, -0.2) is 24.1 Å². The van der Waals surface area contributed by atoms with Gasteiger partial charge in [-0.25, -0.2) is 4.79 Å². The average molecular weight is 227 g/mol. The van der Waals surface area contributed by atoms with Gasteiger partial charge in [-0.05, 0) is 26.8 Å². The van der Waals surface area contributed by atoms with Gasteiger partial charge >= 0.3 is 11.9 Å². The minimum absolute atomic E-state index is 0.180. The van der Waals surface area contributed by atoms with E-state index in [9.17, 15) is 9.59 Å². The zero-order chi connectivity index (χ0) is 12.6. The molecule has 0 aromatic rings. The minimum atomic E-state index is -0.540. The summed E-state index contributed by atoms with van der Waals surface area (Å²) in [4.78, 5) is 21.7. The van der Waals surface area contributed by atoms with Crippen LogP contribution in [0.1, 0.15) is 20.8 Å². The highest BCUT2D eigenvalue weighted by molar-refractivity contribution is 5.82. The van der Waals surface area contributed by atoms with E-state index in [1.54, 1.807) is 20.8 Å². The van der Waals surface area contributed by atoms with E-state index in [0.29, 0.717) is 0 Å². The smallest absolute Gasteiger partial charge is 0.331 e. The number of nitrogens with two attached hydrogens (primary N) is 1. The van der Waals surface area contributed by atoms with Gasteiger partial charge in [0.2, 0.25) is 0 Å². The highest BCUT2D eigenvalue weighted by Crippen LogP contribution is 2.06. The lowest BCUT2D eigenvalue weighted by atomic mass is 10.2. The predicted octanol–water partition coefficient (Wildman–Crippen LogP) is 0.900. The number of carbonyl (C=O) groups excluding carboxylic acids is 2. The molecule has 0 heterocycles. The zero-order valence-electron chi connectivity index (χ0n) is 9.73. The van der Waals surface area contributed by atoms with Crippen molar-refractivity contribution in [3.05, 3.63) is 24.5 Å². The molecule has 5 nitrogen and oxygen atoms in total. The van der Waals surface area contributed by atoms with Crippen LogP contribution in [0.2, 0.25) is 0 Å². The second kappa shape index (κ2) is 6.79. The molecule has 0 saturated carbocycles. The summed E-state index contributed by atoms with van der Waals surface area (Å²) < 4.78 is 9.53. The van der Waals surface area contributed by atoms with E-state index in [1.165, 1.54) is 18.2 Å². The lowest BCUT2D eigenvalue weighted by Gasteiger charge is -2.17. The Hall–Kier alpha value is -1.62. The highest BCUT2D eigenvalue weighted by atomic mass is 16.6. The summed E-state index contributed by atoms with van der Waals surface area (Å²) in [6.45, 7) is 5.15. The van der Waals surface area contributed by atoms with Crippen molar-refractivity contribution in [2.45, 2.75) is 26.4 Å². The molecule has 0 aromatic heterocycles. The molecule has 16 heavy (non-hydrogen) atoms. The fraction of sp³-hybridized carbons (Fsp3) is 0.455. The van der Waals surface area contributed by atoms with Crippen LogP contribution in [0.4, 0.5) is 0 Å². The van der Waals surface area contributed by atoms with Crippen LogP contribution in [-0.2, 0) is 19.1 Å². The number of hydrogen-bond donors (Lipinski definition) is 1. The van der Waals surface area contributed by atoms with E-state index in [4.69, 9.17) is 10.5 Å². The first-order chi connectivity index (χ1) is 7.35. The normalized spacial score (nSPS) is 12.0. The maximum absolute atomic E-state index is 11.1. The van der Waals surface area contributed by atoms with Crippen molar-refractivity contribution in [1.29, 1.82) is 0 Å². The Morgan fingerprint density at radius 1 is 1.25 bits per heavy atom. The number of rotatable bonds is 4. The van der Waals surface area contributed by atoms with E-state index >= 15 is 0 Å². The maximum Gasteiger partial charge on any atom is 0.331 e. The van der Waals surface area contributed by atoms with Crippen LogP contribution in [0, 0.1) is 0 Å². The van der Waals surface area contributed by atoms with Crippen molar-refractivity contribution in [3.8, 4) is 0 Å². The van der Waals surface area contributed by atoms with Crippen LogP contribution >= 0.6 is 0 Å². The molecule has 0 aliphatic rings. The third-order valence-corrected chi connectivity index (χ3v) is 1.19. The minimum Gasteiger partial charge on any atom is -0.457 e. The molecule has 0 amide bonds. The molecular weight excluding hydrogens is 210 g/mol. The lowest BCUT2D eigenvalue weighted by Crippen LogP contribution is -2.22. The maximum atomic E-state index is 11.1. The highest BCUT2D eigenvalue weighted by Gasteiger charge is 2.13. The molecule has 0 aromatic carbocycles. The Balaban J connectivity index is 3.93. The van der Waals surface area contributed by atoms with Gasteiger partial charge in [0, 0.05) is 6.08 Å². The molecule has 0 aliphatic heterocycles. The van der Waals surface area contributed by atoms with E-state index < -0.39 is 17.5 Å². The number of allylic oxidation sites excluding steroid dienone is 2. The number of carbonyl (C=O) groups is 2. The summed E-state index contributed by atoms with van der Waals surface area (Å²) >= 11 is 0. The number of esters is 2. The Labute approximate surface area is 94.9 Å². The van der Waals surface area contributed by atoms with E-state index in [0.717, 1.165) is 6.26 Å². The van der Waals surface area contributed by atoms with Crippen molar-refractivity contribution in [2.75, 3.05) is 6.54 Å². The summed E-state index contributed by atoms with van der Waals surface area (Å²) in [5.74, 6) is -0.996. The molecular formula is C11H17NO4. The molecule has 0 unspecified atom stereocenters. The Morgan fingerprint density at radius 2 is 1.88 bits per heavy atom. The first kappa shape index (κ1) is 14.4. The summed E-state index contributed by atoms with van der Waals surface area (Å²) in [7, 11) is 0. The van der Waals surface area contributed by atoms with Gasteiger partial charge in [-0.15, -0.1) is 0 Å². The quantitative estimate of drug-likeness (QED) is 0.334. The van der Waals surface area contributed by atoms with Gasteiger partial charge in [0.05, 0.1) is 12.8 Å². The molecule has 0 atom stereocenters. The molecule has 0 aliphatic carbocycles. The number of hydrogen-bond acceptors (Lipinski definition) is 5. The van der Waals surface area contributed by atoms with Gasteiger partial charge < -0.3 is 15.2 Å². The van der Waals surface area contributed by atoms with E-state index in [2.05, 4.69) is 4.74 Å². The van der Waals surface area contributed by atoms with Gasteiger partial charge in [0.25, 0.3) is 0 Å². The first-order valence-corrected chi connectivity index (χ1v) is 4.81. The fourth-order valence-electron chi connectivity index (χ4n) is 0.679. The molecule has 0 bridgehead atoms. The van der Waals surface area contributed by atoms with Crippen LogP contribution in [0.25, 0.3) is 0 Å². The molecule has 2 N–H and O–H groups in total. The molecule has 0 fully saturated rings. The van der Waals surface area contributed by atoms with Crippen LogP contribution in [0.15, 0.2) is 24.5 Å². The van der Waals surface area contributed by atoms with Gasteiger partial charge in [-0.2, -0.15) is 0 Å². The third-order valence-electron chi connectivity index (χ3n) is 1.19. The molecule has 0 spiro atoms. The fourth-order valence-corrected chi connectivity index (χ4v) is 0.679. The van der Waals surface area contributed by atoms with E-state index in [1.807, 2.05) is 0 Å². The van der Waals surface area contributed by atoms with Gasteiger partial charge in [0.15, 0.2) is 0 Å². The second-order valence-electron chi connectivity index (χ2n) is 3.92. The lowest BCUT2D eigenvalue weighted by molar-refractivity contribution is -0.148. The van der Waals surface area contributed by atoms with Gasteiger partial charge in [-0.1, -0.05) is 6.08 Å². The van der Waals surface area contributed by atoms with Gasteiger partial charge in [0.1, 0.15) is 5.60 Å². The van der Waals surface area contributed by atoms with Crippen molar-refractivity contribution >= 4 is 11.9 Å². The largest absolute Gasteiger partial charge is 0.457 e. The molecule has 0 radical (unpaired) electrons. The van der Waals surface area contributed by atoms with Crippen molar-refractivity contribution < 1.29 is 19.1 Å². The van der Waals surface area contributed by atoms with Crippen LogP contribution in [0.5, 0.6) is 0 Å². The molecule has 5 heteroatoms. The Morgan fingerprint density at radius 3 is 2.38 bits per heavy atom. The summed E-state index contributed by atoms with van der Waals surface area (Å²) in [5, 5.41) is 0. The van der Waals surface area contributed by atoms with E-state index in [-0.39, 0.29) is 6.54 Å². The molecule has 0 rings (SSSR count). The Kier molecular flexibility index (Phi) is 6.10. The SMILES string of the molecule is CC(C)(C)OC(=O)C=CC=COC(=O)CN.